The number of thiophene rings is 1. The molecule has 0 saturated carbocycles. The summed E-state index contributed by atoms with van der Waals surface area (Å²) in [5, 5.41) is 16.6. The van der Waals surface area contributed by atoms with Gasteiger partial charge in [-0.25, -0.2) is 0 Å². The lowest BCUT2D eigenvalue weighted by atomic mass is 9.86. The molecule has 0 fully saturated rings. The van der Waals surface area contributed by atoms with Crippen LogP contribution in [-0.2, 0) is 12.8 Å². The summed E-state index contributed by atoms with van der Waals surface area (Å²) in [7, 11) is 0. The minimum atomic E-state index is -0.334. The van der Waals surface area contributed by atoms with E-state index in [9.17, 15) is 10.1 Å². The van der Waals surface area contributed by atoms with Crippen LogP contribution in [0.15, 0.2) is 10.6 Å². The predicted molar refractivity (Wildman–Crippen MR) is 84.0 cm³/mol. The summed E-state index contributed by atoms with van der Waals surface area (Å²) in [5.41, 5.74) is 1.96. The molecule has 0 spiro atoms. The molecule has 1 N–H and O–H groups in total. The van der Waals surface area contributed by atoms with Crippen molar-refractivity contribution >= 4 is 22.2 Å². The standard InChI is InChI=1S/C16H17N3O2S/c1-3-10-4-5-11-12(8-17)16(22-14(11)7-10)18-15(20)13-6-9(2)21-19-13/h6,10H,3-5,7H2,1-2H3,(H,18,20)/t10-/m0/s1. The highest BCUT2D eigenvalue weighted by atomic mass is 32.1. The molecule has 22 heavy (non-hydrogen) atoms. The molecule has 1 aliphatic carbocycles. The van der Waals surface area contributed by atoms with Crippen molar-refractivity contribution in [3.63, 3.8) is 0 Å². The fourth-order valence-corrected chi connectivity index (χ4v) is 4.16. The fraction of sp³-hybridized carbons (Fsp3) is 0.438. The van der Waals surface area contributed by atoms with Crippen molar-refractivity contribution in [1.29, 1.82) is 5.26 Å². The first-order chi connectivity index (χ1) is 10.6. The number of nitrogens with one attached hydrogen (secondary N) is 1. The molecule has 1 aliphatic rings. The Balaban J connectivity index is 1.87. The summed E-state index contributed by atoms with van der Waals surface area (Å²) in [6.07, 6.45) is 4.19. The zero-order valence-electron chi connectivity index (χ0n) is 12.6. The van der Waals surface area contributed by atoms with Gasteiger partial charge in [-0.3, -0.25) is 4.79 Å². The third-order valence-corrected chi connectivity index (χ3v) is 5.31. The maximum absolute atomic E-state index is 12.2. The molecule has 0 aromatic carbocycles. The van der Waals surface area contributed by atoms with Crippen LogP contribution in [0.2, 0.25) is 0 Å². The number of aromatic nitrogens is 1. The fourth-order valence-electron chi connectivity index (χ4n) is 2.85. The van der Waals surface area contributed by atoms with E-state index in [1.165, 1.54) is 16.2 Å². The van der Waals surface area contributed by atoms with E-state index in [0.717, 1.165) is 31.2 Å². The first-order valence-electron chi connectivity index (χ1n) is 7.41. The lowest BCUT2D eigenvalue weighted by molar-refractivity contribution is 0.101. The van der Waals surface area contributed by atoms with Gasteiger partial charge in [0.2, 0.25) is 0 Å². The van der Waals surface area contributed by atoms with E-state index in [4.69, 9.17) is 4.52 Å². The molecule has 0 aliphatic heterocycles. The van der Waals surface area contributed by atoms with E-state index in [1.54, 1.807) is 13.0 Å². The topological polar surface area (TPSA) is 78.9 Å². The Morgan fingerprint density at radius 1 is 1.64 bits per heavy atom. The Hall–Kier alpha value is -2.13. The number of rotatable bonds is 3. The summed E-state index contributed by atoms with van der Waals surface area (Å²) in [5.74, 6) is 0.931. The molecule has 1 atom stereocenters. The Kier molecular flexibility index (Phi) is 3.99. The molecular weight excluding hydrogens is 298 g/mol. The van der Waals surface area contributed by atoms with Crippen molar-refractivity contribution in [2.75, 3.05) is 5.32 Å². The molecule has 0 radical (unpaired) electrons. The van der Waals surface area contributed by atoms with Crippen LogP contribution in [0, 0.1) is 24.2 Å². The number of amides is 1. The van der Waals surface area contributed by atoms with Gasteiger partial charge in [0.05, 0.1) is 5.56 Å². The highest BCUT2D eigenvalue weighted by molar-refractivity contribution is 7.16. The first kappa shape index (κ1) is 14.8. The summed E-state index contributed by atoms with van der Waals surface area (Å²) in [6, 6.07) is 3.84. The minimum absolute atomic E-state index is 0.235. The van der Waals surface area contributed by atoms with Gasteiger partial charge < -0.3 is 9.84 Å². The van der Waals surface area contributed by atoms with E-state index in [0.29, 0.717) is 22.2 Å². The Morgan fingerprint density at radius 3 is 3.09 bits per heavy atom. The maximum atomic E-state index is 12.2. The Morgan fingerprint density at radius 2 is 2.45 bits per heavy atom. The van der Waals surface area contributed by atoms with Crippen LogP contribution in [0.4, 0.5) is 5.00 Å². The van der Waals surface area contributed by atoms with Crippen molar-refractivity contribution in [3.05, 3.63) is 33.5 Å². The lowest BCUT2D eigenvalue weighted by Crippen LogP contribution is -2.13. The van der Waals surface area contributed by atoms with Crippen LogP contribution in [0.1, 0.15) is 52.0 Å². The summed E-state index contributed by atoms with van der Waals surface area (Å²) >= 11 is 1.52. The van der Waals surface area contributed by atoms with Crippen LogP contribution in [0.5, 0.6) is 0 Å². The van der Waals surface area contributed by atoms with Gasteiger partial charge in [0.25, 0.3) is 5.91 Å². The van der Waals surface area contributed by atoms with Crippen LogP contribution in [0.3, 0.4) is 0 Å². The van der Waals surface area contributed by atoms with E-state index < -0.39 is 0 Å². The zero-order valence-corrected chi connectivity index (χ0v) is 13.4. The largest absolute Gasteiger partial charge is 0.361 e. The Labute approximate surface area is 132 Å². The number of carbonyl (C=O) groups is 1. The van der Waals surface area contributed by atoms with Crippen LogP contribution >= 0.6 is 11.3 Å². The minimum Gasteiger partial charge on any atom is -0.361 e. The van der Waals surface area contributed by atoms with Gasteiger partial charge in [-0.1, -0.05) is 18.5 Å². The number of fused-ring (bicyclic) bond motifs is 1. The van der Waals surface area contributed by atoms with Gasteiger partial charge in [-0.15, -0.1) is 11.3 Å². The average molecular weight is 315 g/mol. The smallest absolute Gasteiger partial charge is 0.278 e. The number of anilines is 1. The van der Waals surface area contributed by atoms with E-state index >= 15 is 0 Å². The highest BCUT2D eigenvalue weighted by Crippen LogP contribution is 2.40. The van der Waals surface area contributed by atoms with Gasteiger partial charge in [0.1, 0.15) is 16.8 Å². The van der Waals surface area contributed by atoms with Crippen LogP contribution < -0.4 is 5.32 Å². The quantitative estimate of drug-likeness (QED) is 0.937. The first-order valence-corrected chi connectivity index (χ1v) is 8.23. The molecule has 6 heteroatoms. The second-order valence-corrected chi connectivity index (χ2v) is 6.72. The van der Waals surface area contributed by atoms with Gasteiger partial charge in [0, 0.05) is 10.9 Å². The monoisotopic (exact) mass is 315 g/mol. The molecule has 0 unspecified atom stereocenters. The highest BCUT2D eigenvalue weighted by Gasteiger charge is 2.26. The molecule has 5 nitrogen and oxygen atoms in total. The third kappa shape index (κ3) is 2.64. The number of hydrogen-bond acceptors (Lipinski definition) is 5. The van der Waals surface area contributed by atoms with Gasteiger partial charge in [-0.05, 0) is 37.7 Å². The normalized spacial score (nSPS) is 16.9. The van der Waals surface area contributed by atoms with Crippen molar-refractivity contribution < 1.29 is 9.32 Å². The zero-order chi connectivity index (χ0) is 15.7. The van der Waals surface area contributed by atoms with Crippen molar-refractivity contribution in [2.24, 2.45) is 5.92 Å². The van der Waals surface area contributed by atoms with Gasteiger partial charge in [0.15, 0.2) is 5.69 Å². The number of hydrogen-bond donors (Lipinski definition) is 1. The average Bonchev–Trinajstić information content (AvgIpc) is 3.09. The second-order valence-electron chi connectivity index (χ2n) is 5.61. The summed E-state index contributed by atoms with van der Waals surface area (Å²) in [4.78, 5) is 13.4. The van der Waals surface area contributed by atoms with E-state index in [-0.39, 0.29) is 11.6 Å². The summed E-state index contributed by atoms with van der Waals surface area (Å²) in [6.45, 7) is 3.93. The van der Waals surface area contributed by atoms with Crippen molar-refractivity contribution in [2.45, 2.75) is 39.5 Å². The second kappa shape index (κ2) is 5.93. The SMILES string of the molecule is CC[C@H]1CCc2c(sc(NC(=O)c3cc(C)on3)c2C#N)C1. The molecule has 2 aromatic heterocycles. The molecule has 2 heterocycles. The number of aryl methyl sites for hydroxylation is 1. The lowest BCUT2D eigenvalue weighted by Gasteiger charge is -2.20. The Bertz CT molecular complexity index is 754. The van der Waals surface area contributed by atoms with Gasteiger partial charge in [-0.2, -0.15) is 5.26 Å². The van der Waals surface area contributed by atoms with Gasteiger partial charge >= 0.3 is 0 Å². The molecule has 1 amide bonds. The number of nitriles is 1. The number of nitrogens with zero attached hydrogens (tertiary/aromatic N) is 2. The molecule has 0 saturated heterocycles. The summed E-state index contributed by atoms with van der Waals surface area (Å²) < 4.78 is 4.92. The van der Waals surface area contributed by atoms with E-state index in [1.807, 2.05) is 0 Å². The van der Waals surface area contributed by atoms with Crippen LogP contribution in [0.25, 0.3) is 0 Å². The predicted octanol–water partition coefficient (Wildman–Crippen LogP) is 3.68. The maximum Gasteiger partial charge on any atom is 0.278 e. The molecule has 3 rings (SSSR count). The number of carbonyl (C=O) groups excluding carboxylic acids is 1. The van der Waals surface area contributed by atoms with Crippen LogP contribution in [-0.4, -0.2) is 11.1 Å². The van der Waals surface area contributed by atoms with Crippen molar-refractivity contribution in [1.82, 2.24) is 5.16 Å². The van der Waals surface area contributed by atoms with E-state index in [2.05, 4.69) is 23.5 Å². The van der Waals surface area contributed by atoms with Crippen molar-refractivity contribution in [3.8, 4) is 6.07 Å². The molecule has 0 bridgehead atoms. The molecule has 2 aromatic rings. The molecular formula is C16H17N3O2S. The molecule has 114 valence electrons. The third-order valence-electron chi connectivity index (χ3n) is 4.14.